The molecule has 0 radical (unpaired) electrons. The highest BCUT2D eigenvalue weighted by molar-refractivity contribution is 5.39. The second-order valence-corrected chi connectivity index (χ2v) is 4.56. The largest absolute Gasteiger partial charge is 0.508 e. The van der Waals surface area contributed by atoms with E-state index in [1.165, 1.54) is 18.2 Å². The number of phenols is 1. The fraction of sp³-hybridized carbons (Fsp3) is 0.200. The molecule has 0 spiro atoms. The fourth-order valence-corrected chi connectivity index (χ4v) is 2.26. The third-order valence-corrected chi connectivity index (χ3v) is 3.28. The molecule has 3 nitrogen and oxygen atoms in total. The number of hydrogen-bond donors (Lipinski definition) is 2. The zero-order valence-corrected chi connectivity index (χ0v) is 10.3. The number of nitrogens with one attached hydrogen (secondary N) is 1. The van der Waals surface area contributed by atoms with Gasteiger partial charge in [0.05, 0.1) is 6.04 Å². The molecule has 2 aromatic rings. The van der Waals surface area contributed by atoms with E-state index < -0.39 is 0 Å². The van der Waals surface area contributed by atoms with Gasteiger partial charge < -0.3 is 15.2 Å². The van der Waals surface area contributed by atoms with Crippen LogP contribution in [0.25, 0.3) is 0 Å². The average molecular weight is 259 g/mol. The van der Waals surface area contributed by atoms with E-state index in [2.05, 4.69) is 5.32 Å². The first-order chi connectivity index (χ1) is 9.24. The molecule has 0 aromatic heterocycles. The van der Waals surface area contributed by atoms with Crippen molar-refractivity contribution in [3.05, 3.63) is 59.4 Å². The maximum Gasteiger partial charge on any atom is 0.124 e. The molecule has 1 aliphatic rings. The third-order valence-electron chi connectivity index (χ3n) is 3.28. The summed E-state index contributed by atoms with van der Waals surface area (Å²) in [6.45, 7) is 0.946. The lowest BCUT2D eigenvalue weighted by atomic mass is 10.1. The van der Waals surface area contributed by atoms with Crippen molar-refractivity contribution in [3.8, 4) is 11.5 Å². The normalized spacial score (nSPS) is 17.0. The van der Waals surface area contributed by atoms with Crippen LogP contribution in [0.15, 0.2) is 42.5 Å². The Morgan fingerprint density at radius 1 is 1.26 bits per heavy atom. The summed E-state index contributed by atoms with van der Waals surface area (Å²) >= 11 is 0. The van der Waals surface area contributed by atoms with Gasteiger partial charge in [0.2, 0.25) is 0 Å². The van der Waals surface area contributed by atoms with E-state index in [1.807, 2.05) is 24.3 Å². The highest BCUT2D eigenvalue weighted by Gasteiger charge is 2.23. The molecular formula is C15H14FNO2. The van der Waals surface area contributed by atoms with E-state index in [-0.39, 0.29) is 17.6 Å². The lowest BCUT2D eigenvalue weighted by Crippen LogP contribution is -2.22. The van der Waals surface area contributed by atoms with Crippen LogP contribution in [0, 0.1) is 5.82 Å². The second kappa shape index (κ2) is 4.90. The molecular weight excluding hydrogens is 245 g/mol. The van der Waals surface area contributed by atoms with E-state index in [9.17, 15) is 9.50 Å². The Bertz CT molecular complexity index is 600. The summed E-state index contributed by atoms with van der Waals surface area (Å²) < 4.78 is 18.7. The lowest BCUT2D eigenvalue weighted by molar-refractivity contribution is 0.309. The molecule has 3 rings (SSSR count). The smallest absolute Gasteiger partial charge is 0.124 e. The topological polar surface area (TPSA) is 41.5 Å². The molecule has 0 amide bonds. The Morgan fingerprint density at radius 3 is 3.00 bits per heavy atom. The van der Waals surface area contributed by atoms with Gasteiger partial charge >= 0.3 is 0 Å². The van der Waals surface area contributed by atoms with Crippen molar-refractivity contribution < 1.29 is 14.2 Å². The zero-order valence-electron chi connectivity index (χ0n) is 10.3. The first-order valence-corrected chi connectivity index (χ1v) is 6.16. The van der Waals surface area contributed by atoms with E-state index in [4.69, 9.17) is 4.74 Å². The van der Waals surface area contributed by atoms with Crippen molar-refractivity contribution >= 4 is 0 Å². The maximum absolute atomic E-state index is 13.1. The summed E-state index contributed by atoms with van der Waals surface area (Å²) in [6.07, 6.45) is 0. The van der Waals surface area contributed by atoms with Crippen molar-refractivity contribution in [1.29, 1.82) is 0 Å². The summed E-state index contributed by atoms with van der Waals surface area (Å²) in [5.41, 5.74) is 1.64. The van der Waals surface area contributed by atoms with Gasteiger partial charge in [0.1, 0.15) is 23.9 Å². The Hall–Kier alpha value is -2.07. The van der Waals surface area contributed by atoms with Gasteiger partial charge in [-0.15, -0.1) is 0 Å². The molecule has 0 aliphatic carbocycles. The zero-order chi connectivity index (χ0) is 13.2. The number of aromatic hydroxyl groups is 1. The molecule has 1 heterocycles. The van der Waals surface area contributed by atoms with Crippen LogP contribution >= 0.6 is 0 Å². The van der Waals surface area contributed by atoms with Gasteiger partial charge in [-0.2, -0.15) is 0 Å². The van der Waals surface area contributed by atoms with Crippen molar-refractivity contribution in [2.24, 2.45) is 0 Å². The third kappa shape index (κ3) is 2.39. The minimum Gasteiger partial charge on any atom is -0.508 e. The number of benzene rings is 2. The van der Waals surface area contributed by atoms with Crippen LogP contribution < -0.4 is 10.1 Å². The predicted octanol–water partition coefficient (Wildman–Crippen LogP) is 2.75. The highest BCUT2D eigenvalue weighted by atomic mass is 19.1. The van der Waals surface area contributed by atoms with E-state index in [1.54, 1.807) is 0 Å². The number of para-hydroxylation sites is 1. The SMILES string of the molecule is Oc1ccc(F)cc1CNC1COc2ccccc21. The number of rotatable bonds is 3. The van der Waals surface area contributed by atoms with Gasteiger partial charge in [0.15, 0.2) is 0 Å². The number of hydrogen-bond acceptors (Lipinski definition) is 3. The van der Waals surface area contributed by atoms with Gasteiger partial charge in [0, 0.05) is 17.7 Å². The van der Waals surface area contributed by atoms with E-state index >= 15 is 0 Å². The van der Waals surface area contributed by atoms with Crippen LogP contribution in [-0.2, 0) is 6.54 Å². The molecule has 0 bridgehead atoms. The first-order valence-electron chi connectivity index (χ1n) is 6.16. The number of halogens is 1. The highest BCUT2D eigenvalue weighted by Crippen LogP contribution is 2.32. The summed E-state index contributed by atoms with van der Waals surface area (Å²) in [6, 6.07) is 11.8. The summed E-state index contributed by atoms with van der Waals surface area (Å²) in [4.78, 5) is 0. The molecule has 2 N–H and O–H groups in total. The minimum absolute atomic E-state index is 0.0684. The van der Waals surface area contributed by atoms with E-state index in [0.29, 0.717) is 18.7 Å². The first kappa shape index (κ1) is 12.0. The minimum atomic E-state index is -0.349. The molecule has 0 fully saturated rings. The molecule has 98 valence electrons. The van der Waals surface area contributed by atoms with Crippen LogP contribution in [0.5, 0.6) is 11.5 Å². The van der Waals surface area contributed by atoms with Gasteiger partial charge in [-0.3, -0.25) is 0 Å². The number of phenolic OH excluding ortho intramolecular Hbond substituents is 1. The van der Waals surface area contributed by atoms with Crippen LogP contribution in [-0.4, -0.2) is 11.7 Å². The second-order valence-electron chi connectivity index (χ2n) is 4.56. The van der Waals surface area contributed by atoms with E-state index in [0.717, 1.165) is 11.3 Å². The van der Waals surface area contributed by atoms with Gasteiger partial charge in [-0.25, -0.2) is 4.39 Å². The number of fused-ring (bicyclic) bond motifs is 1. The lowest BCUT2D eigenvalue weighted by Gasteiger charge is -2.12. The quantitative estimate of drug-likeness (QED) is 0.890. The molecule has 1 aliphatic heterocycles. The number of ether oxygens (including phenoxy) is 1. The molecule has 1 unspecified atom stereocenters. The summed E-state index contributed by atoms with van der Waals surface area (Å²) in [5.74, 6) is 0.627. The van der Waals surface area contributed by atoms with Gasteiger partial charge in [0.25, 0.3) is 0 Å². The molecule has 0 saturated heterocycles. The monoisotopic (exact) mass is 259 g/mol. The van der Waals surface area contributed by atoms with Crippen molar-refractivity contribution in [3.63, 3.8) is 0 Å². The van der Waals surface area contributed by atoms with Crippen LogP contribution in [0.3, 0.4) is 0 Å². The fourth-order valence-electron chi connectivity index (χ4n) is 2.26. The molecule has 1 atom stereocenters. The van der Waals surface area contributed by atoms with Gasteiger partial charge in [-0.05, 0) is 24.3 Å². The Morgan fingerprint density at radius 2 is 2.11 bits per heavy atom. The molecule has 19 heavy (non-hydrogen) atoms. The Kier molecular flexibility index (Phi) is 3.09. The van der Waals surface area contributed by atoms with Gasteiger partial charge in [-0.1, -0.05) is 18.2 Å². The van der Waals surface area contributed by atoms with Crippen molar-refractivity contribution in [2.75, 3.05) is 6.61 Å². The molecule has 2 aromatic carbocycles. The van der Waals surface area contributed by atoms with Crippen molar-refractivity contribution in [2.45, 2.75) is 12.6 Å². The summed E-state index contributed by atoms with van der Waals surface area (Å²) in [5, 5.41) is 12.9. The van der Waals surface area contributed by atoms with Crippen LogP contribution in [0.4, 0.5) is 4.39 Å². The maximum atomic E-state index is 13.1. The Labute approximate surface area is 110 Å². The van der Waals surface area contributed by atoms with Crippen LogP contribution in [0.1, 0.15) is 17.2 Å². The summed E-state index contributed by atoms with van der Waals surface area (Å²) in [7, 11) is 0. The molecule has 4 heteroatoms. The Balaban J connectivity index is 1.72. The molecule has 0 saturated carbocycles. The average Bonchev–Trinajstić information content (AvgIpc) is 2.83. The van der Waals surface area contributed by atoms with Crippen molar-refractivity contribution in [1.82, 2.24) is 5.32 Å². The standard InChI is InChI=1S/C15H14FNO2/c16-11-5-6-14(18)10(7-11)8-17-13-9-19-15-4-2-1-3-12(13)15/h1-7,13,17-18H,8-9H2. The van der Waals surface area contributed by atoms with Crippen LogP contribution in [0.2, 0.25) is 0 Å². The predicted molar refractivity (Wildman–Crippen MR) is 69.6 cm³/mol.